The lowest BCUT2D eigenvalue weighted by atomic mass is 10.1. The Morgan fingerprint density at radius 3 is 2.60 bits per heavy atom. The van der Waals surface area contributed by atoms with E-state index in [0.717, 1.165) is 18.9 Å². The Balaban J connectivity index is 2.59. The summed E-state index contributed by atoms with van der Waals surface area (Å²) in [6, 6.07) is 0.671. The maximum Gasteiger partial charge on any atom is 0.0235 e. The molecule has 1 fully saturated rings. The van der Waals surface area contributed by atoms with Crippen molar-refractivity contribution in [1.29, 1.82) is 0 Å². The summed E-state index contributed by atoms with van der Waals surface area (Å²) in [7, 11) is 2.23. The smallest absolute Gasteiger partial charge is 0.0235 e. The Hall–Kier alpha value is -0.120. The highest BCUT2D eigenvalue weighted by molar-refractivity contribution is 4.81. The summed E-state index contributed by atoms with van der Waals surface area (Å²) in [6.45, 7) is 10.3. The third-order valence-corrected chi connectivity index (χ3v) is 3.22. The maximum absolute atomic E-state index is 5.70. The van der Waals surface area contributed by atoms with Gasteiger partial charge in [0.15, 0.2) is 0 Å². The summed E-state index contributed by atoms with van der Waals surface area (Å²) in [6.07, 6.45) is 2.38. The van der Waals surface area contributed by atoms with Crippen LogP contribution < -0.4 is 5.73 Å². The average Bonchev–Trinajstić information content (AvgIpc) is 2.27. The van der Waals surface area contributed by atoms with Gasteiger partial charge in [0.25, 0.3) is 0 Å². The summed E-state index contributed by atoms with van der Waals surface area (Å²) in [5, 5.41) is 0. The van der Waals surface area contributed by atoms with Crippen molar-refractivity contribution in [3.05, 3.63) is 0 Å². The molecule has 3 heteroatoms. The quantitative estimate of drug-likeness (QED) is 0.756. The highest BCUT2D eigenvalue weighted by Crippen LogP contribution is 2.15. The second-order valence-electron chi connectivity index (χ2n) is 5.05. The molecule has 3 nitrogen and oxygen atoms in total. The molecule has 15 heavy (non-hydrogen) atoms. The fourth-order valence-electron chi connectivity index (χ4n) is 2.72. The van der Waals surface area contributed by atoms with E-state index in [1.807, 2.05) is 0 Å². The van der Waals surface area contributed by atoms with Crippen molar-refractivity contribution < 1.29 is 0 Å². The number of rotatable bonds is 4. The first kappa shape index (κ1) is 12.9. The summed E-state index contributed by atoms with van der Waals surface area (Å²) in [5.41, 5.74) is 5.70. The van der Waals surface area contributed by atoms with Crippen LogP contribution in [-0.2, 0) is 0 Å². The summed E-state index contributed by atoms with van der Waals surface area (Å²) >= 11 is 0. The Morgan fingerprint density at radius 1 is 1.27 bits per heavy atom. The van der Waals surface area contributed by atoms with Crippen LogP contribution >= 0.6 is 0 Å². The van der Waals surface area contributed by atoms with Gasteiger partial charge in [0.05, 0.1) is 0 Å². The van der Waals surface area contributed by atoms with E-state index in [1.54, 1.807) is 0 Å². The fourth-order valence-corrected chi connectivity index (χ4v) is 2.72. The van der Waals surface area contributed by atoms with E-state index in [1.165, 1.54) is 32.6 Å². The molecule has 0 radical (unpaired) electrons. The summed E-state index contributed by atoms with van der Waals surface area (Å²) < 4.78 is 0. The molecule has 1 saturated heterocycles. The van der Waals surface area contributed by atoms with E-state index in [2.05, 4.69) is 30.7 Å². The Labute approximate surface area is 94.6 Å². The molecule has 1 aliphatic rings. The third kappa shape index (κ3) is 4.09. The van der Waals surface area contributed by atoms with Gasteiger partial charge in [-0.1, -0.05) is 13.8 Å². The minimum atomic E-state index is 0.671. The molecule has 0 bridgehead atoms. The number of hydrogen-bond acceptors (Lipinski definition) is 3. The lowest BCUT2D eigenvalue weighted by molar-refractivity contribution is 0.175. The number of nitrogens with two attached hydrogens (primary N) is 1. The zero-order valence-electron chi connectivity index (χ0n) is 10.6. The molecule has 0 spiro atoms. The normalized spacial score (nSPS) is 30.4. The van der Waals surface area contributed by atoms with Crippen LogP contribution in [0, 0.1) is 5.92 Å². The summed E-state index contributed by atoms with van der Waals surface area (Å²) in [4.78, 5) is 5.10. The van der Waals surface area contributed by atoms with Gasteiger partial charge in [0, 0.05) is 25.7 Å². The molecular formula is C12H27N3. The molecule has 2 unspecified atom stereocenters. The van der Waals surface area contributed by atoms with Crippen molar-refractivity contribution in [3.63, 3.8) is 0 Å². The van der Waals surface area contributed by atoms with Crippen LogP contribution in [0.1, 0.15) is 26.7 Å². The summed E-state index contributed by atoms with van der Waals surface area (Å²) in [5.74, 6) is 0.782. The van der Waals surface area contributed by atoms with Crippen molar-refractivity contribution in [3.8, 4) is 0 Å². The van der Waals surface area contributed by atoms with E-state index < -0.39 is 0 Å². The molecule has 2 atom stereocenters. The molecular weight excluding hydrogens is 186 g/mol. The van der Waals surface area contributed by atoms with Crippen LogP contribution in [0.2, 0.25) is 0 Å². The monoisotopic (exact) mass is 213 g/mol. The molecule has 0 aliphatic carbocycles. The molecule has 0 aromatic rings. The van der Waals surface area contributed by atoms with Gasteiger partial charge in [-0.25, -0.2) is 0 Å². The van der Waals surface area contributed by atoms with E-state index in [4.69, 9.17) is 5.73 Å². The van der Waals surface area contributed by atoms with Gasteiger partial charge in [-0.3, -0.25) is 4.90 Å². The van der Waals surface area contributed by atoms with E-state index in [9.17, 15) is 0 Å². The molecule has 1 rings (SSSR count). The van der Waals surface area contributed by atoms with Gasteiger partial charge < -0.3 is 10.6 Å². The van der Waals surface area contributed by atoms with E-state index >= 15 is 0 Å². The fraction of sp³-hybridized carbons (Fsp3) is 1.00. The Morgan fingerprint density at radius 2 is 2.00 bits per heavy atom. The van der Waals surface area contributed by atoms with Gasteiger partial charge >= 0.3 is 0 Å². The number of hydrogen-bond donors (Lipinski definition) is 1. The van der Waals surface area contributed by atoms with Crippen LogP contribution in [-0.4, -0.2) is 55.6 Å². The standard InChI is InChI=1S/C12H27N3/c1-4-7-15-9-11(2)8-14(3)10-12(15)5-6-13/h11-12H,4-10,13H2,1-3H3. The van der Waals surface area contributed by atoms with E-state index in [-0.39, 0.29) is 0 Å². The largest absolute Gasteiger partial charge is 0.330 e. The van der Waals surface area contributed by atoms with Crippen molar-refractivity contribution >= 4 is 0 Å². The lowest BCUT2D eigenvalue weighted by Crippen LogP contribution is -2.42. The minimum absolute atomic E-state index is 0.671. The highest BCUT2D eigenvalue weighted by atomic mass is 15.2. The average molecular weight is 213 g/mol. The van der Waals surface area contributed by atoms with Gasteiger partial charge in [-0.05, 0) is 38.9 Å². The first-order valence-corrected chi connectivity index (χ1v) is 6.30. The van der Waals surface area contributed by atoms with Gasteiger partial charge in [0.1, 0.15) is 0 Å². The molecule has 0 saturated carbocycles. The topological polar surface area (TPSA) is 32.5 Å². The van der Waals surface area contributed by atoms with Crippen LogP contribution in [0.5, 0.6) is 0 Å². The SMILES string of the molecule is CCCN1CC(C)CN(C)CC1CCN. The number of likely N-dealkylation sites (N-methyl/N-ethyl adjacent to an activating group) is 1. The Bertz CT molecular complexity index is 154. The van der Waals surface area contributed by atoms with Gasteiger partial charge in [-0.15, -0.1) is 0 Å². The molecule has 1 aliphatic heterocycles. The lowest BCUT2D eigenvalue weighted by Gasteiger charge is -2.30. The molecule has 0 aromatic carbocycles. The highest BCUT2D eigenvalue weighted by Gasteiger charge is 2.25. The van der Waals surface area contributed by atoms with Crippen molar-refractivity contribution in [1.82, 2.24) is 9.80 Å². The number of nitrogens with zero attached hydrogens (tertiary/aromatic N) is 2. The van der Waals surface area contributed by atoms with Gasteiger partial charge in [0.2, 0.25) is 0 Å². The zero-order valence-corrected chi connectivity index (χ0v) is 10.6. The van der Waals surface area contributed by atoms with Crippen molar-refractivity contribution in [2.75, 3.05) is 39.8 Å². The first-order chi connectivity index (χ1) is 7.17. The van der Waals surface area contributed by atoms with Crippen LogP contribution in [0.4, 0.5) is 0 Å². The Kier molecular flexibility index (Phi) is 5.58. The van der Waals surface area contributed by atoms with Gasteiger partial charge in [-0.2, -0.15) is 0 Å². The third-order valence-electron chi connectivity index (χ3n) is 3.22. The van der Waals surface area contributed by atoms with E-state index in [0.29, 0.717) is 6.04 Å². The zero-order chi connectivity index (χ0) is 11.3. The molecule has 0 amide bonds. The molecule has 90 valence electrons. The van der Waals surface area contributed by atoms with Crippen molar-refractivity contribution in [2.45, 2.75) is 32.7 Å². The first-order valence-electron chi connectivity index (χ1n) is 6.30. The maximum atomic E-state index is 5.70. The molecule has 1 heterocycles. The van der Waals surface area contributed by atoms with Crippen LogP contribution in [0.15, 0.2) is 0 Å². The second-order valence-corrected chi connectivity index (χ2v) is 5.05. The second kappa shape index (κ2) is 6.46. The molecule has 0 aromatic heterocycles. The van der Waals surface area contributed by atoms with Crippen LogP contribution in [0.3, 0.4) is 0 Å². The minimum Gasteiger partial charge on any atom is -0.330 e. The van der Waals surface area contributed by atoms with Crippen molar-refractivity contribution in [2.24, 2.45) is 11.7 Å². The predicted octanol–water partition coefficient (Wildman–Crippen LogP) is 0.997. The van der Waals surface area contributed by atoms with Crippen LogP contribution in [0.25, 0.3) is 0 Å². The predicted molar refractivity (Wildman–Crippen MR) is 66.0 cm³/mol. The molecule has 2 N–H and O–H groups in total.